The van der Waals surface area contributed by atoms with Gasteiger partial charge in [0.2, 0.25) is 0 Å². The minimum atomic E-state index is -2.39. The van der Waals surface area contributed by atoms with E-state index in [0.29, 0.717) is 10.9 Å². The van der Waals surface area contributed by atoms with Gasteiger partial charge < -0.3 is 14.4 Å². The Labute approximate surface area is 94.6 Å². The predicted molar refractivity (Wildman–Crippen MR) is 62.5 cm³/mol. The SMILES string of the molecule is COC(=O)C(O)c1cccc(P(C)(C)=O)c1. The molecule has 1 unspecified atom stereocenters. The van der Waals surface area contributed by atoms with Crippen LogP contribution in [0.4, 0.5) is 0 Å². The molecule has 1 aromatic carbocycles. The van der Waals surface area contributed by atoms with Crippen molar-refractivity contribution in [1.29, 1.82) is 0 Å². The van der Waals surface area contributed by atoms with Crippen molar-refractivity contribution < 1.29 is 19.2 Å². The molecule has 1 rings (SSSR count). The molecular formula is C11H15O4P. The van der Waals surface area contributed by atoms with E-state index in [0.717, 1.165) is 0 Å². The van der Waals surface area contributed by atoms with Crippen LogP contribution in [-0.4, -0.2) is 31.5 Å². The fraction of sp³-hybridized carbons (Fsp3) is 0.364. The number of esters is 1. The molecule has 0 bridgehead atoms. The fourth-order valence-electron chi connectivity index (χ4n) is 1.28. The maximum absolute atomic E-state index is 11.8. The second-order valence-corrected chi connectivity index (χ2v) is 7.09. The van der Waals surface area contributed by atoms with E-state index in [1.807, 2.05) is 0 Å². The number of aliphatic hydroxyl groups excluding tert-OH is 1. The molecule has 0 aliphatic heterocycles. The minimum Gasteiger partial charge on any atom is -0.467 e. The van der Waals surface area contributed by atoms with Crippen LogP contribution in [0.15, 0.2) is 24.3 Å². The van der Waals surface area contributed by atoms with Crippen LogP contribution in [0.3, 0.4) is 0 Å². The van der Waals surface area contributed by atoms with Crippen LogP contribution in [-0.2, 0) is 14.1 Å². The van der Waals surface area contributed by atoms with Crippen molar-refractivity contribution in [3.05, 3.63) is 29.8 Å². The van der Waals surface area contributed by atoms with Crippen molar-refractivity contribution in [2.75, 3.05) is 20.4 Å². The van der Waals surface area contributed by atoms with Crippen molar-refractivity contribution in [1.82, 2.24) is 0 Å². The maximum Gasteiger partial charge on any atom is 0.339 e. The fourth-order valence-corrected chi connectivity index (χ4v) is 2.18. The normalized spacial score (nSPS) is 13.2. The number of aliphatic hydroxyl groups is 1. The zero-order valence-electron chi connectivity index (χ0n) is 9.51. The van der Waals surface area contributed by atoms with E-state index in [4.69, 9.17) is 0 Å². The predicted octanol–water partition coefficient (Wildman–Crippen LogP) is 1.14. The molecule has 0 fully saturated rings. The van der Waals surface area contributed by atoms with Crippen LogP contribution in [0.1, 0.15) is 11.7 Å². The Hall–Kier alpha value is -1.12. The Balaban J connectivity index is 3.08. The average molecular weight is 242 g/mol. The first-order valence-corrected chi connectivity index (χ1v) is 7.38. The zero-order chi connectivity index (χ0) is 12.3. The van der Waals surface area contributed by atoms with Crippen molar-refractivity contribution in [3.63, 3.8) is 0 Å². The van der Waals surface area contributed by atoms with E-state index in [-0.39, 0.29) is 0 Å². The first-order chi connectivity index (χ1) is 7.36. The Morgan fingerprint density at radius 1 is 1.44 bits per heavy atom. The molecule has 0 aromatic heterocycles. The first-order valence-electron chi connectivity index (χ1n) is 4.77. The van der Waals surface area contributed by atoms with E-state index in [2.05, 4.69) is 4.74 Å². The lowest BCUT2D eigenvalue weighted by atomic mass is 10.1. The molecular weight excluding hydrogens is 227 g/mol. The average Bonchev–Trinajstić information content (AvgIpc) is 2.26. The molecule has 0 saturated heterocycles. The topological polar surface area (TPSA) is 63.6 Å². The van der Waals surface area contributed by atoms with Crippen molar-refractivity contribution in [2.45, 2.75) is 6.10 Å². The van der Waals surface area contributed by atoms with E-state index < -0.39 is 19.2 Å². The number of ether oxygens (including phenoxy) is 1. The Kier molecular flexibility index (Phi) is 3.89. The lowest BCUT2D eigenvalue weighted by molar-refractivity contribution is -0.150. The van der Waals surface area contributed by atoms with E-state index in [1.165, 1.54) is 7.11 Å². The summed E-state index contributed by atoms with van der Waals surface area (Å²) in [5, 5.41) is 10.2. The number of methoxy groups -OCH3 is 1. The third kappa shape index (κ3) is 2.94. The first kappa shape index (κ1) is 12.9. The summed E-state index contributed by atoms with van der Waals surface area (Å²) in [5.74, 6) is -0.723. The molecule has 0 aliphatic rings. The summed E-state index contributed by atoms with van der Waals surface area (Å²) in [6.45, 7) is 3.27. The van der Waals surface area contributed by atoms with Crippen molar-refractivity contribution in [2.24, 2.45) is 0 Å². The van der Waals surface area contributed by atoms with Gasteiger partial charge in [0, 0.05) is 5.30 Å². The van der Waals surface area contributed by atoms with Crippen molar-refractivity contribution in [3.8, 4) is 0 Å². The lowest BCUT2D eigenvalue weighted by Crippen LogP contribution is -2.15. The number of hydrogen-bond donors (Lipinski definition) is 1. The van der Waals surface area contributed by atoms with Crippen LogP contribution in [0, 0.1) is 0 Å². The molecule has 16 heavy (non-hydrogen) atoms. The van der Waals surface area contributed by atoms with Crippen LogP contribution < -0.4 is 5.30 Å². The van der Waals surface area contributed by atoms with E-state index in [1.54, 1.807) is 37.6 Å². The highest BCUT2D eigenvalue weighted by atomic mass is 31.2. The minimum absolute atomic E-state index is 0.397. The number of hydrogen-bond acceptors (Lipinski definition) is 4. The third-order valence-electron chi connectivity index (χ3n) is 2.23. The Morgan fingerprint density at radius 3 is 2.56 bits per heavy atom. The van der Waals surface area contributed by atoms with Crippen molar-refractivity contribution >= 4 is 18.4 Å². The molecule has 1 aromatic rings. The summed E-state index contributed by atoms with van der Waals surface area (Å²) in [5.41, 5.74) is 0.397. The summed E-state index contributed by atoms with van der Waals surface area (Å²) in [4.78, 5) is 11.1. The smallest absolute Gasteiger partial charge is 0.339 e. The molecule has 4 nitrogen and oxygen atoms in total. The lowest BCUT2D eigenvalue weighted by Gasteiger charge is -2.12. The third-order valence-corrected chi connectivity index (χ3v) is 3.75. The van der Waals surface area contributed by atoms with E-state index in [9.17, 15) is 14.5 Å². The molecule has 0 radical (unpaired) electrons. The van der Waals surface area contributed by atoms with Gasteiger partial charge in [0.25, 0.3) is 0 Å². The zero-order valence-corrected chi connectivity index (χ0v) is 10.4. The van der Waals surface area contributed by atoms with Gasteiger partial charge in [-0.25, -0.2) is 4.79 Å². The summed E-state index contributed by atoms with van der Waals surface area (Å²) in [7, 11) is -1.18. The molecule has 88 valence electrons. The number of benzene rings is 1. The standard InChI is InChI=1S/C11H15O4P/c1-15-11(13)10(12)8-5-4-6-9(7-8)16(2,3)14/h4-7,10,12H,1-3H3. The van der Waals surface area contributed by atoms with Gasteiger partial charge in [0.15, 0.2) is 6.10 Å². The second kappa shape index (κ2) is 4.81. The molecule has 1 atom stereocenters. The summed E-state index contributed by atoms with van der Waals surface area (Å²) < 4.78 is 16.3. The summed E-state index contributed by atoms with van der Waals surface area (Å²) in [6.07, 6.45) is -1.32. The highest BCUT2D eigenvalue weighted by molar-refractivity contribution is 7.70. The van der Waals surface area contributed by atoms with Gasteiger partial charge in [-0.15, -0.1) is 0 Å². The summed E-state index contributed by atoms with van der Waals surface area (Å²) in [6, 6.07) is 6.55. The Bertz CT molecular complexity index is 435. The van der Waals surface area contributed by atoms with Gasteiger partial charge >= 0.3 is 5.97 Å². The van der Waals surface area contributed by atoms with Crippen LogP contribution in [0.25, 0.3) is 0 Å². The number of carbonyl (C=O) groups excluding carboxylic acids is 1. The molecule has 5 heteroatoms. The monoisotopic (exact) mass is 242 g/mol. The summed E-state index contributed by atoms with van der Waals surface area (Å²) >= 11 is 0. The molecule has 0 spiro atoms. The molecule has 0 heterocycles. The van der Waals surface area contributed by atoms with Gasteiger partial charge in [-0.3, -0.25) is 0 Å². The number of rotatable bonds is 3. The highest BCUT2D eigenvalue weighted by Crippen LogP contribution is 2.35. The number of carbonyl (C=O) groups is 1. The molecule has 0 amide bonds. The van der Waals surface area contributed by atoms with Gasteiger partial charge in [0.05, 0.1) is 7.11 Å². The van der Waals surface area contributed by atoms with Crippen LogP contribution in [0.5, 0.6) is 0 Å². The van der Waals surface area contributed by atoms with Crippen LogP contribution >= 0.6 is 7.14 Å². The van der Waals surface area contributed by atoms with Crippen LogP contribution in [0.2, 0.25) is 0 Å². The molecule has 1 N–H and O–H groups in total. The van der Waals surface area contributed by atoms with Gasteiger partial charge in [-0.1, -0.05) is 18.2 Å². The van der Waals surface area contributed by atoms with E-state index >= 15 is 0 Å². The van der Waals surface area contributed by atoms with Gasteiger partial charge in [0.1, 0.15) is 7.14 Å². The van der Waals surface area contributed by atoms with Gasteiger partial charge in [-0.05, 0) is 25.0 Å². The Morgan fingerprint density at radius 2 is 2.06 bits per heavy atom. The quantitative estimate of drug-likeness (QED) is 0.637. The molecule has 0 aliphatic carbocycles. The molecule has 0 saturated carbocycles. The second-order valence-electron chi connectivity index (χ2n) is 3.87. The highest BCUT2D eigenvalue weighted by Gasteiger charge is 2.20. The maximum atomic E-state index is 11.8. The largest absolute Gasteiger partial charge is 0.467 e. The van der Waals surface area contributed by atoms with Gasteiger partial charge in [-0.2, -0.15) is 0 Å².